The van der Waals surface area contributed by atoms with Crippen LogP contribution >= 0.6 is 15.9 Å². The van der Waals surface area contributed by atoms with Crippen LogP contribution in [0.25, 0.3) is 10.8 Å². The van der Waals surface area contributed by atoms with Crippen LogP contribution in [0, 0.1) is 5.41 Å². The van der Waals surface area contributed by atoms with Gasteiger partial charge in [0.05, 0.1) is 17.1 Å². The quantitative estimate of drug-likeness (QED) is 0.215. The first-order valence-corrected chi connectivity index (χ1v) is 15.6. The minimum atomic E-state index is -0.221. The van der Waals surface area contributed by atoms with Crippen LogP contribution in [-0.2, 0) is 11.3 Å². The molecule has 0 aromatic heterocycles. The van der Waals surface area contributed by atoms with Crippen LogP contribution in [-0.4, -0.2) is 47.9 Å². The van der Waals surface area contributed by atoms with Crippen molar-refractivity contribution in [2.24, 2.45) is 5.41 Å². The summed E-state index contributed by atoms with van der Waals surface area (Å²) in [5.41, 5.74) is 2.84. The Hall–Kier alpha value is -3.68. The fourth-order valence-corrected chi connectivity index (χ4v) is 6.76. The summed E-state index contributed by atoms with van der Waals surface area (Å²) in [6.07, 6.45) is 3.53. The van der Waals surface area contributed by atoms with E-state index in [0.717, 1.165) is 78.4 Å². The van der Waals surface area contributed by atoms with E-state index in [1.54, 1.807) is 0 Å². The van der Waals surface area contributed by atoms with Crippen molar-refractivity contribution < 1.29 is 9.59 Å². The number of urea groups is 1. The maximum atomic E-state index is 13.5. The van der Waals surface area contributed by atoms with Crippen molar-refractivity contribution in [1.29, 1.82) is 0 Å². The number of nitrogens with zero attached hydrogens (tertiary/aromatic N) is 2. The number of nitrogens with one attached hydrogen (secondary N) is 2. The van der Waals surface area contributed by atoms with E-state index < -0.39 is 0 Å². The average molecular weight is 626 g/mol. The zero-order chi connectivity index (χ0) is 28.9. The van der Waals surface area contributed by atoms with E-state index in [4.69, 9.17) is 0 Å². The van der Waals surface area contributed by atoms with Crippen molar-refractivity contribution in [3.63, 3.8) is 0 Å². The monoisotopic (exact) mass is 624 g/mol. The molecule has 4 aromatic carbocycles. The summed E-state index contributed by atoms with van der Waals surface area (Å²) >= 11 is 3.49. The molecule has 4 aromatic rings. The first-order valence-electron chi connectivity index (χ1n) is 14.9. The van der Waals surface area contributed by atoms with Gasteiger partial charge in [-0.25, -0.2) is 4.79 Å². The van der Waals surface area contributed by atoms with Gasteiger partial charge in [0, 0.05) is 29.5 Å². The smallest absolute Gasteiger partial charge is 0.319 e. The highest BCUT2D eigenvalue weighted by Crippen LogP contribution is 2.42. The standard InChI is InChI=1S/C35H37BrN4O2/c36-29-15-13-26(14-16-29)25-40-24-20-35(33(40)41)18-22-39(23-19-35)21-17-31(28-8-2-1-3-9-28)37-34(42)38-32-12-6-10-27-7-4-5-11-30(27)32/h1-16,31H,17-25H2,(H2,37,38,42). The van der Waals surface area contributed by atoms with Crippen LogP contribution in [0.3, 0.4) is 0 Å². The molecule has 42 heavy (non-hydrogen) atoms. The Labute approximate surface area is 256 Å². The topological polar surface area (TPSA) is 64.7 Å². The lowest BCUT2D eigenvalue weighted by molar-refractivity contribution is -0.138. The molecular weight excluding hydrogens is 588 g/mol. The summed E-state index contributed by atoms with van der Waals surface area (Å²) in [4.78, 5) is 31.2. The maximum absolute atomic E-state index is 13.5. The van der Waals surface area contributed by atoms with Crippen LogP contribution in [0.4, 0.5) is 10.5 Å². The Bertz CT molecular complexity index is 1530. The number of benzene rings is 4. The molecule has 0 saturated carbocycles. The zero-order valence-electron chi connectivity index (χ0n) is 23.8. The molecule has 0 radical (unpaired) electrons. The first-order chi connectivity index (χ1) is 20.5. The van der Waals surface area contributed by atoms with Gasteiger partial charge in [-0.1, -0.05) is 94.8 Å². The minimum absolute atomic E-state index is 0.119. The van der Waals surface area contributed by atoms with Crippen molar-refractivity contribution in [1.82, 2.24) is 15.1 Å². The van der Waals surface area contributed by atoms with E-state index in [1.165, 1.54) is 5.56 Å². The second kappa shape index (κ2) is 12.7. The van der Waals surface area contributed by atoms with Crippen molar-refractivity contribution >= 4 is 44.3 Å². The molecule has 6 rings (SSSR count). The van der Waals surface area contributed by atoms with Gasteiger partial charge >= 0.3 is 6.03 Å². The van der Waals surface area contributed by atoms with Crippen molar-refractivity contribution in [3.8, 4) is 0 Å². The van der Waals surface area contributed by atoms with Crippen molar-refractivity contribution in [3.05, 3.63) is 113 Å². The van der Waals surface area contributed by atoms with E-state index in [-0.39, 0.29) is 17.5 Å². The first kappa shape index (κ1) is 28.4. The van der Waals surface area contributed by atoms with Gasteiger partial charge in [-0.05, 0) is 73.5 Å². The molecule has 1 atom stereocenters. The summed E-state index contributed by atoms with van der Waals surface area (Å²) in [6.45, 7) is 4.19. The number of anilines is 1. The molecule has 0 bridgehead atoms. The Balaban J connectivity index is 1.05. The molecule has 2 heterocycles. The number of hydrogen-bond donors (Lipinski definition) is 2. The van der Waals surface area contributed by atoms with E-state index >= 15 is 0 Å². The van der Waals surface area contributed by atoms with Gasteiger partial charge in [0.2, 0.25) is 5.91 Å². The lowest BCUT2D eigenvalue weighted by Crippen LogP contribution is -2.45. The number of fused-ring (bicyclic) bond motifs is 1. The van der Waals surface area contributed by atoms with Crippen LogP contribution in [0.15, 0.2) is 102 Å². The SMILES string of the molecule is O=C(Nc1cccc2ccccc12)NC(CCN1CCC2(CC1)CCN(Cc1ccc(Br)cc1)C2=O)c1ccccc1. The molecule has 2 aliphatic heterocycles. The predicted molar refractivity (Wildman–Crippen MR) is 172 cm³/mol. The Kier molecular flexibility index (Phi) is 8.58. The summed E-state index contributed by atoms with van der Waals surface area (Å²) in [5.74, 6) is 0.319. The van der Waals surface area contributed by atoms with E-state index in [1.807, 2.05) is 77.7 Å². The Morgan fingerprint density at radius 2 is 1.52 bits per heavy atom. The van der Waals surface area contributed by atoms with Crippen LogP contribution < -0.4 is 10.6 Å². The van der Waals surface area contributed by atoms with Crippen LogP contribution in [0.5, 0.6) is 0 Å². The fraction of sp³-hybridized carbons (Fsp3) is 0.314. The predicted octanol–water partition coefficient (Wildman–Crippen LogP) is 7.37. The van der Waals surface area contributed by atoms with Gasteiger partial charge in [-0.3, -0.25) is 4.79 Å². The molecule has 6 nitrogen and oxygen atoms in total. The molecule has 2 saturated heterocycles. The molecule has 7 heteroatoms. The second-order valence-corrected chi connectivity index (χ2v) is 12.5. The molecular formula is C35H37BrN4O2. The molecule has 3 amide bonds. The van der Waals surface area contributed by atoms with Gasteiger partial charge in [-0.2, -0.15) is 0 Å². The van der Waals surface area contributed by atoms with Gasteiger partial charge < -0.3 is 20.4 Å². The number of halogens is 1. The maximum Gasteiger partial charge on any atom is 0.319 e. The highest BCUT2D eigenvalue weighted by molar-refractivity contribution is 9.10. The molecule has 1 unspecified atom stereocenters. The van der Waals surface area contributed by atoms with Gasteiger partial charge in [-0.15, -0.1) is 0 Å². The highest BCUT2D eigenvalue weighted by Gasteiger charge is 2.47. The lowest BCUT2D eigenvalue weighted by Gasteiger charge is -2.38. The fourth-order valence-electron chi connectivity index (χ4n) is 6.49. The highest BCUT2D eigenvalue weighted by atomic mass is 79.9. The number of hydrogen-bond acceptors (Lipinski definition) is 3. The normalized spacial score (nSPS) is 17.5. The van der Waals surface area contributed by atoms with Gasteiger partial charge in [0.15, 0.2) is 0 Å². The minimum Gasteiger partial charge on any atom is -0.338 e. The van der Waals surface area contributed by atoms with Crippen LogP contribution in [0.1, 0.15) is 42.9 Å². The Morgan fingerprint density at radius 3 is 2.31 bits per heavy atom. The number of likely N-dealkylation sites (tertiary alicyclic amines) is 2. The molecule has 1 spiro atoms. The summed E-state index contributed by atoms with van der Waals surface area (Å²) < 4.78 is 1.05. The number of piperidine rings is 1. The number of carbonyl (C=O) groups excluding carboxylic acids is 2. The van der Waals surface area contributed by atoms with Crippen molar-refractivity contribution in [2.75, 3.05) is 31.5 Å². The largest absolute Gasteiger partial charge is 0.338 e. The zero-order valence-corrected chi connectivity index (χ0v) is 25.4. The average Bonchev–Trinajstić information content (AvgIpc) is 3.31. The third-order valence-corrected chi connectivity index (χ3v) is 9.51. The molecule has 216 valence electrons. The van der Waals surface area contributed by atoms with E-state index in [2.05, 4.69) is 55.7 Å². The molecule has 0 aliphatic carbocycles. The second-order valence-electron chi connectivity index (χ2n) is 11.6. The third-order valence-electron chi connectivity index (χ3n) is 8.98. The Morgan fingerprint density at radius 1 is 0.833 bits per heavy atom. The molecule has 2 N–H and O–H groups in total. The lowest BCUT2D eigenvalue weighted by atomic mass is 9.77. The van der Waals surface area contributed by atoms with Crippen molar-refractivity contribution in [2.45, 2.75) is 38.3 Å². The third kappa shape index (κ3) is 6.37. The molecule has 2 fully saturated rings. The number of carbonyl (C=O) groups is 2. The van der Waals surface area contributed by atoms with E-state index in [9.17, 15) is 9.59 Å². The van der Waals surface area contributed by atoms with Gasteiger partial charge in [0.1, 0.15) is 0 Å². The summed E-state index contributed by atoms with van der Waals surface area (Å²) in [7, 11) is 0. The number of amides is 3. The number of rotatable bonds is 8. The van der Waals surface area contributed by atoms with Gasteiger partial charge in [0.25, 0.3) is 0 Å². The summed E-state index contributed by atoms with van der Waals surface area (Å²) in [6, 6.07) is 32.1. The summed E-state index contributed by atoms with van der Waals surface area (Å²) in [5, 5.41) is 8.42. The van der Waals surface area contributed by atoms with E-state index in [0.29, 0.717) is 12.5 Å². The van der Waals surface area contributed by atoms with Crippen LogP contribution in [0.2, 0.25) is 0 Å². The molecule has 2 aliphatic rings.